The first-order chi connectivity index (χ1) is 12.1. The molecule has 2 aromatic carbocycles. The Kier molecular flexibility index (Phi) is 5.46. The van der Waals surface area contributed by atoms with Crippen molar-refractivity contribution < 1.29 is 9.59 Å². The number of nitrogens with zero attached hydrogens (tertiary/aromatic N) is 1. The lowest BCUT2D eigenvalue weighted by molar-refractivity contribution is -0.133. The van der Waals surface area contributed by atoms with Crippen LogP contribution in [0.1, 0.15) is 23.5 Å². The second-order valence-corrected chi connectivity index (χ2v) is 6.35. The molecule has 130 valence electrons. The van der Waals surface area contributed by atoms with Crippen molar-refractivity contribution in [2.45, 2.75) is 18.4 Å². The number of carbonyl (C=O) groups excluding carboxylic acids is 2. The number of primary amides is 1. The number of hydrogen-bond acceptors (Lipinski definition) is 3. The fraction of sp³-hybridized carbons (Fsp3) is 0.300. The Morgan fingerprint density at radius 2 is 1.64 bits per heavy atom. The fourth-order valence-corrected chi connectivity index (χ4v) is 3.40. The molecule has 3 N–H and O–H groups in total. The van der Waals surface area contributed by atoms with E-state index in [2.05, 4.69) is 34.5 Å². The molecule has 1 heterocycles. The summed E-state index contributed by atoms with van der Waals surface area (Å²) in [7, 11) is 0. The number of rotatable bonds is 6. The Bertz CT molecular complexity index is 679. The monoisotopic (exact) mass is 337 g/mol. The van der Waals surface area contributed by atoms with Gasteiger partial charge in [-0.3, -0.25) is 14.5 Å². The third-order valence-electron chi connectivity index (χ3n) is 4.66. The quantitative estimate of drug-likeness (QED) is 0.839. The van der Waals surface area contributed by atoms with Crippen LogP contribution in [-0.4, -0.2) is 42.4 Å². The number of carbonyl (C=O) groups is 2. The molecule has 0 aliphatic carbocycles. The molecule has 1 fully saturated rings. The van der Waals surface area contributed by atoms with E-state index in [0.29, 0.717) is 19.6 Å². The standard InChI is InChI=1S/C20H23N3O2/c21-19(24)13-18-20(25)22-11-12-23(18)14-17(15-7-3-1-4-8-15)16-9-5-2-6-10-16/h1-10,17-18H,11-14H2,(H2,21,24)(H,22,25)/t18-/m1/s1. The second kappa shape index (κ2) is 7.94. The smallest absolute Gasteiger partial charge is 0.237 e. The zero-order chi connectivity index (χ0) is 17.6. The van der Waals surface area contributed by atoms with Crippen molar-refractivity contribution >= 4 is 11.8 Å². The van der Waals surface area contributed by atoms with Crippen molar-refractivity contribution in [3.8, 4) is 0 Å². The summed E-state index contributed by atoms with van der Waals surface area (Å²) in [6.07, 6.45) is 0.0438. The number of hydrogen-bond donors (Lipinski definition) is 2. The Balaban J connectivity index is 1.88. The van der Waals surface area contributed by atoms with Crippen LogP contribution in [0.2, 0.25) is 0 Å². The van der Waals surface area contributed by atoms with Crippen LogP contribution in [0.4, 0.5) is 0 Å². The molecule has 5 nitrogen and oxygen atoms in total. The van der Waals surface area contributed by atoms with Gasteiger partial charge in [0.15, 0.2) is 0 Å². The van der Waals surface area contributed by atoms with Gasteiger partial charge in [0.25, 0.3) is 0 Å². The Morgan fingerprint density at radius 1 is 1.08 bits per heavy atom. The molecular weight excluding hydrogens is 314 g/mol. The van der Waals surface area contributed by atoms with Gasteiger partial charge in [-0.05, 0) is 11.1 Å². The Morgan fingerprint density at radius 3 is 2.16 bits per heavy atom. The first kappa shape index (κ1) is 17.2. The van der Waals surface area contributed by atoms with Gasteiger partial charge in [0.1, 0.15) is 0 Å². The lowest BCUT2D eigenvalue weighted by atomic mass is 9.90. The molecule has 25 heavy (non-hydrogen) atoms. The molecule has 0 saturated carbocycles. The van der Waals surface area contributed by atoms with Crippen LogP contribution in [0.3, 0.4) is 0 Å². The molecule has 3 rings (SSSR count). The molecule has 0 spiro atoms. The Labute approximate surface area is 147 Å². The van der Waals surface area contributed by atoms with Gasteiger partial charge in [0, 0.05) is 25.6 Å². The van der Waals surface area contributed by atoms with Crippen LogP contribution in [0.25, 0.3) is 0 Å². The van der Waals surface area contributed by atoms with E-state index in [0.717, 1.165) is 0 Å². The van der Waals surface area contributed by atoms with E-state index in [1.165, 1.54) is 11.1 Å². The highest BCUT2D eigenvalue weighted by Gasteiger charge is 2.32. The molecule has 1 atom stereocenters. The Hall–Kier alpha value is -2.66. The van der Waals surface area contributed by atoms with Gasteiger partial charge >= 0.3 is 0 Å². The topological polar surface area (TPSA) is 75.4 Å². The highest BCUT2D eigenvalue weighted by molar-refractivity contribution is 5.88. The number of amides is 2. The molecule has 0 radical (unpaired) electrons. The molecule has 2 amide bonds. The van der Waals surface area contributed by atoms with E-state index < -0.39 is 11.9 Å². The molecule has 1 saturated heterocycles. The van der Waals surface area contributed by atoms with Crippen molar-refractivity contribution in [3.63, 3.8) is 0 Å². The van der Waals surface area contributed by atoms with Crippen molar-refractivity contribution in [2.75, 3.05) is 19.6 Å². The van der Waals surface area contributed by atoms with Gasteiger partial charge in [0.05, 0.1) is 12.5 Å². The SMILES string of the molecule is NC(=O)C[C@@H]1C(=O)NCCN1CC(c1ccccc1)c1ccccc1. The molecule has 1 aliphatic rings. The molecular formula is C20H23N3O2. The van der Waals surface area contributed by atoms with E-state index in [1.807, 2.05) is 36.4 Å². The second-order valence-electron chi connectivity index (χ2n) is 6.35. The van der Waals surface area contributed by atoms with Crippen molar-refractivity contribution in [2.24, 2.45) is 5.73 Å². The molecule has 2 aromatic rings. The molecule has 0 unspecified atom stereocenters. The predicted molar refractivity (Wildman–Crippen MR) is 96.9 cm³/mol. The fourth-order valence-electron chi connectivity index (χ4n) is 3.40. The minimum absolute atomic E-state index is 0.0438. The summed E-state index contributed by atoms with van der Waals surface area (Å²) < 4.78 is 0. The third-order valence-corrected chi connectivity index (χ3v) is 4.66. The first-order valence-electron chi connectivity index (χ1n) is 8.55. The number of nitrogens with two attached hydrogens (primary N) is 1. The highest BCUT2D eigenvalue weighted by Crippen LogP contribution is 2.27. The predicted octanol–water partition coefficient (Wildman–Crippen LogP) is 1.49. The van der Waals surface area contributed by atoms with Crippen LogP contribution in [0, 0.1) is 0 Å². The zero-order valence-electron chi connectivity index (χ0n) is 14.1. The summed E-state index contributed by atoms with van der Waals surface area (Å²) in [6, 6.07) is 20.0. The van der Waals surface area contributed by atoms with Gasteiger partial charge in [0.2, 0.25) is 11.8 Å². The maximum absolute atomic E-state index is 12.2. The van der Waals surface area contributed by atoms with Gasteiger partial charge < -0.3 is 11.1 Å². The van der Waals surface area contributed by atoms with Crippen LogP contribution in [0.5, 0.6) is 0 Å². The van der Waals surface area contributed by atoms with Gasteiger partial charge in [-0.15, -0.1) is 0 Å². The van der Waals surface area contributed by atoms with Gasteiger partial charge in [-0.1, -0.05) is 60.7 Å². The average molecular weight is 337 g/mol. The minimum Gasteiger partial charge on any atom is -0.370 e. The van der Waals surface area contributed by atoms with E-state index >= 15 is 0 Å². The summed E-state index contributed by atoms with van der Waals surface area (Å²) in [5.41, 5.74) is 7.74. The summed E-state index contributed by atoms with van der Waals surface area (Å²) in [5, 5.41) is 2.83. The van der Waals surface area contributed by atoms with Crippen LogP contribution >= 0.6 is 0 Å². The van der Waals surface area contributed by atoms with Crippen LogP contribution in [-0.2, 0) is 9.59 Å². The summed E-state index contributed by atoms with van der Waals surface area (Å²) in [5.74, 6) is -0.448. The number of piperazine rings is 1. The number of nitrogens with one attached hydrogen (secondary N) is 1. The van der Waals surface area contributed by atoms with E-state index in [9.17, 15) is 9.59 Å². The summed E-state index contributed by atoms with van der Waals surface area (Å²) in [4.78, 5) is 25.7. The largest absolute Gasteiger partial charge is 0.370 e. The highest BCUT2D eigenvalue weighted by atomic mass is 16.2. The lowest BCUT2D eigenvalue weighted by Crippen LogP contribution is -2.57. The molecule has 0 aromatic heterocycles. The van der Waals surface area contributed by atoms with Crippen molar-refractivity contribution in [1.29, 1.82) is 0 Å². The summed E-state index contributed by atoms with van der Waals surface area (Å²) >= 11 is 0. The first-order valence-corrected chi connectivity index (χ1v) is 8.55. The third kappa shape index (κ3) is 4.25. The maximum atomic E-state index is 12.2. The maximum Gasteiger partial charge on any atom is 0.237 e. The molecule has 0 bridgehead atoms. The lowest BCUT2D eigenvalue weighted by Gasteiger charge is -2.37. The van der Waals surface area contributed by atoms with Crippen molar-refractivity contribution in [3.05, 3.63) is 71.8 Å². The zero-order valence-corrected chi connectivity index (χ0v) is 14.1. The molecule has 1 aliphatic heterocycles. The van der Waals surface area contributed by atoms with Gasteiger partial charge in [-0.2, -0.15) is 0 Å². The number of benzene rings is 2. The minimum atomic E-state index is -0.499. The van der Waals surface area contributed by atoms with E-state index in [-0.39, 0.29) is 18.2 Å². The van der Waals surface area contributed by atoms with E-state index in [1.54, 1.807) is 0 Å². The molecule has 5 heteroatoms. The average Bonchev–Trinajstić information content (AvgIpc) is 2.63. The summed E-state index contributed by atoms with van der Waals surface area (Å²) in [6.45, 7) is 1.96. The normalized spacial score (nSPS) is 18.1. The van der Waals surface area contributed by atoms with Crippen molar-refractivity contribution in [1.82, 2.24) is 10.2 Å². The van der Waals surface area contributed by atoms with E-state index in [4.69, 9.17) is 5.73 Å². The van der Waals surface area contributed by atoms with Crippen LogP contribution in [0.15, 0.2) is 60.7 Å². The van der Waals surface area contributed by atoms with Gasteiger partial charge in [-0.25, -0.2) is 0 Å². The van der Waals surface area contributed by atoms with Crippen LogP contribution < -0.4 is 11.1 Å².